The van der Waals surface area contributed by atoms with Gasteiger partial charge in [-0.2, -0.15) is 0 Å². The Morgan fingerprint density at radius 3 is 2.61 bits per heavy atom. The summed E-state index contributed by atoms with van der Waals surface area (Å²) in [6.07, 6.45) is 1.76. The smallest absolute Gasteiger partial charge is 0.244 e. The van der Waals surface area contributed by atoms with E-state index < -0.39 is 10.0 Å². The molecule has 0 radical (unpaired) electrons. The van der Waals surface area contributed by atoms with Crippen LogP contribution in [0.2, 0.25) is 5.02 Å². The number of nitrogens with zero attached hydrogens (tertiary/aromatic N) is 1. The monoisotopic (exact) mass is 290 g/mol. The number of hydrogen-bond acceptors (Lipinski definition) is 3. The van der Waals surface area contributed by atoms with Crippen molar-refractivity contribution in [1.29, 1.82) is 0 Å². The van der Waals surface area contributed by atoms with Gasteiger partial charge in [0.25, 0.3) is 0 Å². The number of nitrogens with two attached hydrogens (primary N) is 1. The van der Waals surface area contributed by atoms with Crippen molar-refractivity contribution in [2.45, 2.75) is 31.2 Å². The number of unbranched alkanes of at least 4 members (excludes halogenated alkanes) is 1. The molecular formula is C12H19ClN2O2S. The third-order valence-electron chi connectivity index (χ3n) is 2.75. The molecule has 1 rings (SSSR count). The van der Waals surface area contributed by atoms with Gasteiger partial charge in [-0.15, -0.1) is 0 Å². The predicted molar refractivity (Wildman–Crippen MR) is 74.1 cm³/mol. The third kappa shape index (κ3) is 3.45. The first-order valence-electron chi connectivity index (χ1n) is 5.88. The van der Waals surface area contributed by atoms with Crippen molar-refractivity contribution >= 4 is 21.6 Å². The predicted octanol–water partition coefficient (Wildman–Crippen LogP) is 2.22. The highest BCUT2D eigenvalue weighted by Crippen LogP contribution is 2.25. The van der Waals surface area contributed by atoms with Crippen molar-refractivity contribution < 1.29 is 8.42 Å². The Bertz CT molecular complexity index is 503. The maximum absolute atomic E-state index is 12.3. The molecule has 0 saturated heterocycles. The number of hydrogen-bond donors (Lipinski definition) is 1. The largest absolute Gasteiger partial charge is 0.326 e. The normalized spacial score (nSPS) is 12.1. The molecule has 0 saturated carbocycles. The van der Waals surface area contributed by atoms with E-state index in [0.717, 1.165) is 18.4 Å². The maximum atomic E-state index is 12.3. The van der Waals surface area contributed by atoms with Crippen LogP contribution in [0.5, 0.6) is 0 Å². The van der Waals surface area contributed by atoms with Crippen molar-refractivity contribution in [3.05, 3.63) is 28.8 Å². The molecule has 0 aliphatic heterocycles. The molecule has 0 aliphatic carbocycles. The SMILES string of the molecule is CCCCN(C)S(=O)(=O)c1cc(CN)ccc1Cl. The van der Waals surface area contributed by atoms with E-state index in [9.17, 15) is 8.42 Å². The first-order valence-corrected chi connectivity index (χ1v) is 7.70. The van der Waals surface area contributed by atoms with Crippen LogP contribution in [0.1, 0.15) is 25.3 Å². The van der Waals surface area contributed by atoms with Gasteiger partial charge in [0.05, 0.1) is 5.02 Å². The second-order valence-corrected chi connectivity index (χ2v) is 6.57. The molecule has 2 N–H and O–H groups in total. The minimum Gasteiger partial charge on any atom is -0.326 e. The zero-order chi connectivity index (χ0) is 13.8. The van der Waals surface area contributed by atoms with Crippen LogP contribution in [0.4, 0.5) is 0 Å². The van der Waals surface area contributed by atoms with Gasteiger partial charge in [-0.1, -0.05) is 31.0 Å². The van der Waals surface area contributed by atoms with E-state index >= 15 is 0 Å². The third-order valence-corrected chi connectivity index (χ3v) is 5.08. The molecule has 6 heteroatoms. The molecule has 4 nitrogen and oxygen atoms in total. The highest BCUT2D eigenvalue weighted by molar-refractivity contribution is 7.89. The highest BCUT2D eigenvalue weighted by Gasteiger charge is 2.23. The van der Waals surface area contributed by atoms with E-state index in [0.29, 0.717) is 13.1 Å². The molecular weight excluding hydrogens is 272 g/mol. The molecule has 0 atom stereocenters. The van der Waals surface area contributed by atoms with Crippen LogP contribution in [0.25, 0.3) is 0 Å². The fourth-order valence-electron chi connectivity index (χ4n) is 1.54. The molecule has 18 heavy (non-hydrogen) atoms. The lowest BCUT2D eigenvalue weighted by atomic mass is 10.2. The van der Waals surface area contributed by atoms with Gasteiger partial charge in [0.1, 0.15) is 4.90 Å². The Hall–Kier alpha value is -0.620. The summed E-state index contributed by atoms with van der Waals surface area (Å²) in [5.41, 5.74) is 6.27. The van der Waals surface area contributed by atoms with Crippen LogP contribution in [0, 0.1) is 0 Å². The van der Waals surface area contributed by atoms with Crippen LogP contribution in [0.3, 0.4) is 0 Å². The van der Waals surface area contributed by atoms with Crippen LogP contribution >= 0.6 is 11.6 Å². The maximum Gasteiger partial charge on any atom is 0.244 e. The summed E-state index contributed by atoms with van der Waals surface area (Å²) in [6, 6.07) is 4.85. The lowest BCUT2D eigenvalue weighted by Crippen LogP contribution is -2.28. The van der Waals surface area contributed by atoms with E-state index in [2.05, 4.69) is 0 Å². The number of rotatable bonds is 6. The van der Waals surface area contributed by atoms with Gasteiger partial charge in [-0.3, -0.25) is 0 Å². The van der Waals surface area contributed by atoms with Gasteiger partial charge in [0, 0.05) is 20.1 Å². The van der Waals surface area contributed by atoms with Crippen LogP contribution in [-0.2, 0) is 16.6 Å². The second-order valence-electron chi connectivity index (χ2n) is 4.15. The molecule has 0 aliphatic rings. The van der Waals surface area contributed by atoms with E-state index in [1.54, 1.807) is 25.2 Å². The molecule has 0 amide bonds. The molecule has 0 aromatic heterocycles. The Morgan fingerprint density at radius 2 is 2.06 bits per heavy atom. The van der Waals surface area contributed by atoms with Crippen molar-refractivity contribution in [2.24, 2.45) is 5.73 Å². The van der Waals surface area contributed by atoms with Gasteiger partial charge >= 0.3 is 0 Å². The highest BCUT2D eigenvalue weighted by atomic mass is 35.5. The summed E-state index contributed by atoms with van der Waals surface area (Å²) in [5, 5.41) is 0.232. The van der Waals surface area contributed by atoms with E-state index in [1.807, 2.05) is 6.92 Å². The quantitative estimate of drug-likeness (QED) is 0.874. The summed E-state index contributed by atoms with van der Waals surface area (Å²) in [5.74, 6) is 0. The van der Waals surface area contributed by atoms with Crippen molar-refractivity contribution in [3.63, 3.8) is 0 Å². The van der Waals surface area contributed by atoms with E-state index in [-0.39, 0.29) is 9.92 Å². The Kier molecular flexibility index (Phi) is 5.59. The van der Waals surface area contributed by atoms with E-state index in [4.69, 9.17) is 17.3 Å². The number of halogens is 1. The average molecular weight is 291 g/mol. The Balaban J connectivity index is 3.11. The van der Waals surface area contributed by atoms with Gasteiger partial charge in [-0.25, -0.2) is 12.7 Å². The Labute approximate surface area is 114 Å². The van der Waals surface area contributed by atoms with Gasteiger partial charge in [-0.05, 0) is 24.1 Å². The van der Waals surface area contributed by atoms with Gasteiger partial charge in [0.2, 0.25) is 10.0 Å². The standard InChI is InChI=1S/C12H19ClN2O2S/c1-3-4-7-15(2)18(16,17)12-8-10(9-14)5-6-11(12)13/h5-6,8H,3-4,7,9,14H2,1-2H3. The summed E-state index contributed by atoms with van der Waals surface area (Å²) in [6.45, 7) is 2.79. The summed E-state index contributed by atoms with van der Waals surface area (Å²) >= 11 is 5.97. The fraction of sp³-hybridized carbons (Fsp3) is 0.500. The second kappa shape index (κ2) is 6.52. The first kappa shape index (κ1) is 15.4. The minimum absolute atomic E-state index is 0.130. The lowest BCUT2D eigenvalue weighted by Gasteiger charge is -2.18. The molecule has 0 unspecified atom stereocenters. The topological polar surface area (TPSA) is 63.4 Å². The summed E-state index contributed by atoms with van der Waals surface area (Å²) < 4.78 is 26.0. The average Bonchev–Trinajstić information content (AvgIpc) is 2.36. The summed E-state index contributed by atoms with van der Waals surface area (Å²) in [4.78, 5) is 0.130. The van der Waals surface area contributed by atoms with Crippen LogP contribution in [-0.4, -0.2) is 26.3 Å². The summed E-state index contributed by atoms with van der Waals surface area (Å²) in [7, 11) is -1.96. The van der Waals surface area contributed by atoms with Gasteiger partial charge < -0.3 is 5.73 Å². The molecule has 102 valence electrons. The van der Waals surface area contributed by atoms with Crippen LogP contribution < -0.4 is 5.73 Å². The van der Waals surface area contributed by atoms with Gasteiger partial charge in [0.15, 0.2) is 0 Å². The van der Waals surface area contributed by atoms with Crippen LogP contribution in [0.15, 0.2) is 23.1 Å². The molecule has 0 heterocycles. The molecule has 0 spiro atoms. The first-order chi connectivity index (χ1) is 8.43. The number of sulfonamides is 1. The zero-order valence-electron chi connectivity index (χ0n) is 10.7. The van der Waals surface area contributed by atoms with Crippen molar-refractivity contribution in [1.82, 2.24) is 4.31 Å². The fourth-order valence-corrected chi connectivity index (χ4v) is 3.27. The van der Waals surface area contributed by atoms with Crippen molar-refractivity contribution in [3.8, 4) is 0 Å². The zero-order valence-corrected chi connectivity index (χ0v) is 12.3. The molecule has 1 aromatic rings. The molecule has 0 bridgehead atoms. The minimum atomic E-state index is -3.53. The molecule has 1 aromatic carbocycles. The molecule has 0 fully saturated rings. The van der Waals surface area contributed by atoms with Crippen molar-refractivity contribution in [2.75, 3.05) is 13.6 Å². The lowest BCUT2D eigenvalue weighted by molar-refractivity contribution is 0.459. The Morgan fingerprint density at radius 1 is 1.39 bits per heavy atom. The number of benzene rings is 1. The van der Waals surface area contributed by atoms with E-state index in [1.165, 1.54) is 4.31 Å².